The van der Waals surface area contributed by atoms with Crippen LogP contribution in [0.3, 0.4) is 0 Å². The van der Waals surface area contributed by atoms with Gasteiger partial charge in [0.2, 0.25) is 0 Å². The first-order chi connectivity index (χ1) is 7.69. The third-order valence-electron chi connectivity index (χ3n) is 2.15. The summed E-state index contributed by atoms with van der Waals surface area (Å²) in [4.78, 5) is 11.5. The largest absolute Gasteiger partial charge is 0.495 e. The maximum Gasteiger partial charge on any atom is 0.338 e. The molecule has 0 aliphatic rings. The summed E-state index contributed by atoms with van der Waals surface area (Å²) in [6, 6.07) is 5.19. The van der Waals surface area contributed by atoms with Crippen LogP contribution in [0.15, 0.2) is 12.1 Å². The molecule has 0 aromatic heterocycles. The number of alkyl halides is 1. The van der Waals surface area contributed by atoms with E-state index in [1.54, 1.807) is 12.1 Å². The van der Waals surface area contributed by atoms with Gasteiger partial charge in [0.25, 0.3) is 0 Å². The van der Waals surface area contributed by atoms with E-state index in [0.29, 0.717) is 27.8 Å². The first-order valence-electron chi connectivity index (χ1n) is 4.43. The molecule has 5 heteroatoms. The number of halogens is 1. The van der Waals surface area contributed by atoms with E-state index in [0.717, 1.165) is 0 Å². The molecule has 0 bridgehead atoms. The van der Waals surface area contributed by atoms with E-state index in [1.807, 2.05) is 6.07 Å². The number of ether oxygens (including phenoxy) is 2. The van der Waals surface area contributed by atoms with E-state index in [9.17, 15) is 4.79 Å². The molecule has 0 radical (unpaired) electrons. The Balaban J connectivity index is 3.44. The van der Waals surface area contributed by atoms with Gasteiger partial charge in [0.15, 0.2) is 0 Å². The minimum atomic E-state index is -0.464. The second-order valence-electron chi connectivity index (χ2n) is 2.91. The van der Waals surface area contributed by atoms with Crippen molar-refractivity contribution in [1.82, 2.24) is 0 Å². The van der Waals surface area contributed by atoms with Gasteiger partial charge in [-0.1, -0.05) is 15.9 Å². The summed E-state index contributed by atoms with van der Waals surface area (Å²) in [5, 5.41) is 9.42. The molecule has 0 atom stereocenters. The normalized spacial score (nSPS) is 9.38. The highest BCUT2D eigenvalue weighted by Crippen LogP contribution is 2.27. The summed E-state index contributed by atoms with van der Waals surface area (Å²) >= 11 is 3.25. The molecule has 0 aliphatic heterocycles. The molecule has 0 amide bonds. The van der Waals surface area contributed by atoms with Crippen molar-refractivity contribution in [2.45, 2.75) is 5.33 Å². The quantitative estimate of drug-likeness (QED) is 0.631. The van der Waals surface area contributed by atoms with Crippen molar-refractivity contribution in [2.75, 3.05) is 14.2 Å². The van der Waals surface area contributed by atoms with E-state index >= 15 is 0 Å². The van der Waals surface area contributed by atoms with Crippen molar-refractivity contribution < 1.29 is 14.3 Å². The zero-order chi connectivity index (χ0) is 12.1. The van der Waals surface area contributed by atoms with Gasteiger partial charge in [0.1, 0.15) is 11.8 Å². The number of esters is 1. The second-order valence-corrected chi connectivity index (χ2v) is 3.47. The molecule has 16 heavy (non-hydrogen) atoms. The minimum Gasteiger partial charge on any atom is -0.495 e. The highest BCUT2D eigenvalue weighted by molar-refractivity contribution is 9.08. The topological polar surface area (TPSA) is 59.3 Å². The fourth-order valence-electron chi connectivity index (χ4n) is 1.36. The summed E-state index contributed by atoms with van der Waals surface area (Å²) in [6.45, 7) is 0. The Morgan fingerprint density at radius 2 is 2.19 bits per heavy atom. The van der Waals surface area contributed by atoms with Gasteiger partial charge >= 0.3 is 5.97 Å². The average molecular weight is 284 g/mol. The van der Waals surface area contributed by atoms with E-state index in [-0.39, 0.29) is 0 Å². The van der Waals surface area contributed by atoms with Crippen LogP contribution in [-0.2, 0) is 10.1 Å². The number of hydrogen-bond donors (Lipinski definition) is 0. The Labute approximate surface area is 102 Å². The monoisotopic (exact) mass is 283 g/mol. The number of rotatable bonds is 3. The lowest BCUT2D eigenvalue weighted by Crippen LogP contribution is -2.07. The van der Waals surface area contributed by atoms with Crippen LogP contribution >= 0.6 is 15.9 Å². The van der Waals surface area contributed by atoms with Gasteiger partial charge in [-0.05, 0) is 17.7 Å². The first kappa shape index (κ1) is 12.5. The number of methoxy groups -OCH3 is 2. The lowest BCUT2D eigenvalue weighted by atomic mass is 10.0. The smallest absolute Gasteiger partial charge is 0.338 e. The van der Waals surface area contributed by atoms with Crippen LogP contribution in [0.1, 0.15) is 21.5 Å². The van der Waals surface area contributed by atoms with E-state index in [2.05, 4.69) is 20.7 Å². The van der Waals surface area contributed by atoms with Crippen LogP contribution in [0.2, 0.25) is 0 Å². The molecule has 0 aliphatic carbocycles. The zero-order valence-corrected chi connectivity index (χ0v) is 10.5. The second kappa shape index (κ2) is 5.52. The Kier molecular flexibility index (Phi) is 4.32. The fourth-order valence-corrected chi connectivity index (χ4v) is 1.94. The summed E-state index contributed by atoms with van der Waals surface area (Å²) in [5.74, 6) is -0.0155. The predicted molar refractivity (Wildman–Crippen MR) is 61.7 cm³/mol. The maximum absolute atomic E-state index is 11.5. The van der Waals surface area contributed by atoms with Gasteiger partial charge in [0.05, 0.1) is 25.3 Å². The Hall–Kier alpha value is -1.54. The van der Waals surface area contributed by atoms with Crippen molar-refractivity contribution in [2.24, 2.45) is 0 Å². The number of nitriles is 1. The van der Waals surface area contributed by atoms with Crippen molar-refractivity contribution in [3.05, 3.63) is 28.8 Å². The molecular formula is C11H10BrNO3. The SMILES string of the molecule is COC(=O)c1ccc(OC)c(C#N)c1CBr. The number of benzene rings is 1. The van der Waals surface area contributed by atoms with Gasteiger partial charge in [-0.2, -0.15) is 5.26 Å². The van der Waals surface area contributed by atoms with Crippen molar-refractivity contribution in [3.8, 4) is 11.8 Å². The Morgan fingerprint density at radius 1 is 1.50 bits per heavy atom. The van der Waals surface area contributed by atoms with Crippen LogP contribution in [0.25, 0.3) is 0 Å². The van der Waals surface area contributed by atoms with Crippen molar-refractivity contribution in [3.63, 3.8) is 0 Å². The van der Waals surface area contributed by atoms with E-state index < -0.39 is 5.97 Å². The Morgan fingerprint density at radius 3 is 2.62 bits per heavy atom. The van der Waals surface area contributed by atoms with Gasteiger partial charge < -0.3 is 9.47 Å². The summed E-state index contributed by atoms with van der Waals surface area (Å²) < 4.78 is 9.69. The van der Waals surface area contributed by atoms with Crippen LogP contribution in [-0.4, -0.2) is 20.2 Å². The summed E-state index contributed by atoms with van der Waals surface area (Å²) in [7, 11) is 2.78. The number of carbonyl (C=O) groups is 1. The number of nitrogens with zero attached hydrogens (tertiary/aromatic N) is 1. The van der Waals surface area contributed by atoms with E-state index in [4.69, 9.17) is 10.00 Å². The van der Waals surface area contributed by atoms with E-state index in [1.165, 1.54) is 14.2 Å². The highest BCUT2D eigenvalue weighted by atomic mass is 79.9. The zero-order valence-electron chi connectivity index (χ0n) is 8.91. The van der Waals surface area contributed by atoms with Gasteiger partial charge in [-0.15, -0.1) is 0 Å². The molecule has 0 spiro atoms. The first-order valence-corrected chi connectivity index (χ1v) is 5.56. The number of hydrogen-bond acceptors (Lipinski definition) is 4. The molecule has 0 unspecified atom stereocenters. The average Bonchev–Trinajstić information content (AvgIpc) is 2.35. The maximum atomic E-state index is 11.5. The molecule has 4 nitrogen and oxygen atoms in total. The minimum absolute atomic E-state index is 0.349. The third kappa shape index (κ3) is 2.17. The van der Waals surface area contributed by atoms with Crippen molar-refractivity contribution in [1.29, 1.82) is 5.26 Å². The van der Waals surface area contributed by atoms with Crippen LogP contribution in [0, 0.1) is 11.3 Å². The molecular weight excluding hydrogens is 274 g/mol. The highest BCUT2D eigenvalue weighted by Gasteiger charge is 2.18. The molecule has 0 fully saturated rings. The molecule has 0 heterocycles. The summed E-state index contributed by atoms with van der Waals surface area (Å²) in [6.07, 6.45) is 0. The molecule has 1 rings (SSSR count). The molecule has 1 aromatic rings. The molecule has 0 saturated carbocycles. The molecule has 1 aromatic carbocycles. The van der Waals surface area contributed by atoms with Gasteiger partial charge in [-0.3, -0.25) is 0 Å². The van der Waals surface area contributed by atoms with Crippen LogP contribution in [0.5, 0.6) is 5.75 Å². The van der Waals surface area contributed by atoms with Crippen LogP contribution < -0.4 is 4.74 Å². The van der Waals surface area contributed by atoms with Gasteiger partial charge in [0, 0.05) is 5.33 Å². The molecule has 84 valence electrons. The number of carbonyl (C=O) groups excluding carboxylic acids is 1. The summed E-state index contributed by atoms with van der Waals surface area (Å²) in [5.41, 5.74) is 1.30. The molecule has 0 saturated heterocycles. The lowest BCUT2D eigenvalue weighted by Gasteiger charge is -2.10. The standard InChI is InChI=1S/C11H10BrNO3/c1-15-10-4-3-7(11(14)16-2)8(5-12)9(10)6-13/h3-4H,5H2,1-2H3. The van der Waals surface area contributed by atoms with Gasteiger partial charge in [-0.25, -0.2) is 4.79 Å². The third-order valence-corrected chi connectivity index (χ3v) is 2.71. The van der Waals surface area contributed by atoms with Crippen LogP contribution in [0.4, 0.5) is 0 Å². The Bertz CT molecular complexity index is 451. The molecule has 0 N–H and O–H groups in total. The predicted octanol–water partition coefficient (Wildman–Crippen LogP) is 2.25. The lowest BCUT2D eigenvalue weighted by molar-refractivity contribution is 0.0600. The van der Waals surface area contributed by atoms with Crippen molar-refractivity contribution >= 4 is 21.9 Å². The fraction of sp³-hybridized carbons (Fsp3) is 0.273.